The molecule has 4 heteroatoms. The number of rotatable bonds is 6. The minimum atomic E-state index is -0.203. The first-order valence-electron chi connectivity index (χ1n) is 10.4. The normalized spacial score (nSPS) is 15.2. The summed E-state index contributed by atoms with van der Waals surface area (Å²) < 4.78 is 2.32. The maximum atomic E-state index is 9.91. The van der Waals surface area contributed by atoms with Crippen molar-refractivity contribution in [3.63, 3.8) is 0 Å². The van der Waals surface area contributed by atoms with Gasteiger partial charge in [-0.2, -0.15) is 0 Å². The Morgan fingerprint density at radius 2 is 1.83 bits per heavy atom. The topological polar surface area (TPSA) is 57.4 Å². The molecule has 0 amide bonds. The van der Waals surface area contributed by atoms with Gasteiger partial charge in [0.25, 0.3) is 0 Å². The van der Waals surface area contributed by atoms with Crippen molar-refractivity contribution in [3.05, 3.63) is 78.7 Å². The second kappa shape index (κ2) is 6.98. The van der Waals surface area contributed by atoms with Gasteiger partial charge in [-0.15, -0.1) is 6.58 Å². The molecule has 1 heterocycles. The molecule has 1 aromatic heterocycles. The van der Waals surface area contributed by atoms with Crippen molar-refractivity contribution in [2.75, 3.05) is 5.32 Å². The van der Waals surface area contributed by atoms with Crippen molar-refractivity contribution in [3.8, 4) is 11.5 Å². The minimum absolute atomic E-state index is 0.0398. The summed E-state index contributed by atoms with van der Waals surface area (Å²) in [6.45, 7) is 15.7. The summed E-state index contributed by atoms with van der Waals surface area (Å²) in [5, 5.41) is 24.2. The molecule has 0 unspecified atom stereocenters. The first kappa shape index (κ1) is 20.1. The Morgan fingerprint density at radius 3 is 2.43 bits per heavy atom. The lowest BCUT2D eigenvalue weighted by molar-refractivity contribution is 0.402. The number of nitrogens with one attached hydrogen (secondary N) is 1. The Balaban J connectivity index is 1.65. The predicted molar refractivity (Wildman–Crippen MR) is 124 cm³/mol. The van der Waals surface area contributed by atoms with Gasteiger partial charge in [-0.25, -0.2) is 0 Å². The van der Waals surface area contributed by atoms with Crippen molar-refractivity contribution in [1.29, 1.82) is 0 Å². The molecule has 0 spiro atoms. The van der Waals surface area contributed by atoms with Crippen molar-refractivity contribution in [1.82, 2.24) is 4.57 Å². The van der Waals surface area contributed by atoms with Gasteiger partial charge in [-0.3, -0.25) is 0 Å². The number of nitrogens with zero attached hydrogens (tertiary/aromatic N) is 1. The molecule has 156 valence electrons. The third-order valence-corrected chi connectivity index (χ3v) is 6.13. The van der Waals surface area contributed by atoms with Crippen LogP contribution in [0.1, 0.15) is 44.9 Å². The number of hydrogen-bond acceptors (Lipinski definition) is 3. The second-order valence-electron chi connectivity index (χ2n) is 9.34. The standard InChI is InChI=1S/C26H30N2O2/c1-6-13-28-21-9-8-20(14-18(21)15-24(28)25(3,4)5)27-17(2)26(11-12-26)19-7-10-22(29)23(30)16-19/h6-10,14-16,27,29-30H,1-2,11-13H2,3-5H3. The Labute approximate surface area is 178 Å². The number of aromatic nitrogens is 1. The van der Waals surface area contributed by atoms with Crippen molar-refractivity contribution in [2.24, 2.45) is 0 Å². The van der Waals surface area contributed by atoms with E-state index in [0.29, 0.717) is 0 Å². The number of hydrogen-bond donors (Lipinski definition) is 3. The average molecular weight is 403 g/mol. The fraction of sp³-hybridized carbons (Fsp3) is 0.308. The molecule has 1 aliphatic rings. The van der Waals surface area contributed by atoms with Crippen LogP contribution in [0.15, 0.2) is 67.4 Å². The van der Waals surface area contributed by atoms with Gasteiger partial charge < -0.3 is 20.1 Å². The summed E-state index contributed by atoms with van der Waals surface area (Å²) in [4.78, 5) is 0. The first-order chi connectivity index (χ1) is 14.2. The van der Waals surface area contributed by atoms with Gasteiger partial charge in [0.2, 0.25) is 0 Å². The molecular formula is C26H30N2O2. The lowest BCUT2D eigenvalue weighted by atomic mass is 9.92. The van der Waals surface area contributed by atoms with Crippen LogP contribution < -0.4 is 5.32 Å². The molecule has 2 aromatic carbocycles. The van der Waals surface area contributed by atoms with Gasteiger partial charge in [0.1, 0.15) is 0 Å². The molecule has 0 bridgehead atoms. The smallest absolute Gasteiger partial charge is 0.157 e. The molecule has 3 aromatic rings. The van der Waals surface area contributed by atoms with E-state index < -0.39 is 0 Å². The molecule has 0 saturated heterocycles. The lowest BCUT2D eigenvalue weighted by Gasteiger charge is -2.22. The van der Waals surface area contributed by atoms with E-state index in [1.54, 1.807) is 12.1 Å². The van der Waals surface area contributed by atoms with Crippen LogP contribution in [0.4, 0.5) is 5.69 Å². The number of anilines is 1. The number of benzene rings is 2. The Morgan fingerprint density at radius 1 is 1.10 bits per heavy atom. The SMILES string of the molecule is C=CCn1c(C(C)(C)C)cc2cc(NC(=C)C3(c4ccc(O)c(O)c4)CC3)ccc21. The number of phenolic OH excluding ortho intramolecular Hbond substituents is 2. The van der Waals surface area contributed by atoms with Crippen LogP contribution in [-0.2, 0) is 17.4 Å². The van der Waals surface area contributed by atoms with Crippen LogP contribution in [0.5, 0.6) is 11.5 Å². The Hall–Kier alpha value is -3.14. The van der Waals surface area contributed by atoms with E-state index in [1.165, 1.54) is 16.6 Å². The zero-order valence-electron chi connectivity index (χ0n) is 18.0. The summed E-state index contributed by atoms with van der Waals surface area (Å²) in [6, 6.07) is 13.7. The van der Waals surface area contributed by atoms with Gasteiger partial charge >= 0.3 is 0 Å². The van der Waals surface area contributed by atoms with E-state index in [-0.39, 0.29) is 22.3 Å². The van der Waals surface area contributed by atoms with Crippen LogP contribution in [0.2, 0.25) is 0 Å². The molecular weight excluding hydrogens is 372 g/mol. The monoisotopic (exact) mass is 402 g/mol. The van der Waals surface area contributed by atoms with E-state index in [2.05, 4.69) is 68.1 Å². The number of allylic oxidation sites excluding steroid dienone is 2. The van der Waals surface area contributed by atoms with Gasteiger partial charge in [-0.05, 0) is 54.8 Å². The zero-order chi connectivity index (χ0) is 21.7. The van der Waals surface area contributed by atoms with E-state index in [1.807, 2.05) is 12.1 Å². The highest BCUT2D eigenvalue weighted by Crippen LogP contribution is 2.54. The van der Waals surface area contributed by atoms with Crippen molar-refractivity contribution < 1.29 is 10.2 Å². The molecule has 1 fully saturated rings. The molecule has 0 radical (unpaired) electrons. The maximum absolute atomic E-state index is 9.91. The molecule has 1 saturated carbocycles. The lowest BCUT2D eigenvalue weighted by Crippen LogP contribution is -2.17. The van der Waals surface area contributed by atoms with Crippen LogP contribution in [-0.4, -0.2) is 14.8 Å². The summed E-state index contributed by atoms with van der Waals surface area (Å²) >= 11 is 0. The fourth-order valence-corrected chi connectivity index (χ4v) is 4.30. The highest BCUT2D eigenvalue weighted by Gasteiger charge is 2.47. The summed E-state index contributed by atoms with van der Waals surface area (Å²) in [5.74, 6) is -0.191. The van der Waals surface area contributed by atoms with Crippen molar-refractivity contribution in [2.45, 2.75) is 51.0 Å². The molecule has 0 aliphatic heterocycles. The Bertz CT molecular complexity index is 1140. The average Bonchev–Trinajstić information content (AvgIpc) is 3.41. The third kappa shape index (κ3) is 3.36. The van der Waals surface area contributed by atoms with Gasteiger partial charge in [0, 0.05) is 45.4 Å². The van der Waals surface area contributed by atoms with E-state index in [9.17, 15) is 10.2 Å². The first-order valence-corrected chi connectivity index (χ1v) is 10.4. The highest BCUT2D eigenvalue weighted by molar-refractivity contribution is 5.85. The molecule has 4 nitrogen and oxygen atoms in total. The van der Waals surface area contributed by atoms with E-state index in [0.717, 1.165) is 36.3 Å². The highest BCUT2D eigenvalue weighted by atomic mass is 16.3. The summed E-state index contributed by atoms with van der Waals surface area (Å²) in [5.41, 5.74) is 5.20. The molecule has 3 N–H and O–H groups in total. The fourth-order valence-electron chi connectivity index (χ4n) is 4.30. The zero-order valence-corrected chi connectivity index (χ0v) is 18.0. The number of aromatic hydroxyl groups is 2. The van der Waals surface area contributed by atoms with E-state index >= 15 is 0 Å². The van der Waals surface area contributed by atoms with E-state index in [4.69, 9.17) is 0 Å². The number of fused-ring (bicyclic) bond motifs is 1. The summed E-state index contributed by atoms with van der Waals surface area (Å²) in [7, 11) is 0. The quantitative estimate of drug-likeness (QED) is 0.340. The molecule has 30 heavy (non-hydrogen) atoms. The van der Waals surface area contributed by atoms with Gasteiger partial charge in [-0.1, -0.05) is 39.5 Å². The van der Waals surface area contributed by atoms with Crippen LogP contribution in [0.3, 0.4) is 0 Å². The van der Waals surface area contributed by atoms with Gasteiger partial charge in [0.05, 0.1) is 0 Å². The molecule has 1 aliphatic carbocycles. The minimum Gasteiger partial charge on any atom is -0.504 e. The molecule has 0 atom stereocenters. The second-order valence-corrected chi connectivity index (χ2v) is 9.34. The molecule has 4 rings (SSSR count). The Kier molecular flexibility index (Phi) is 4.69. The predicted octanol–water partition coefficient (Wildman–Crippen LogP) is 6.19. The summed E-state index contributed by atoms with van der Waals surface area (Å²) in [6.07, 6.45) is 3.87. The largest absolute Gasteiger partial charge is 0.504 e. The number of phenols is 2. The van der Waals surface area contributed by atoms with Crippen LogP contribution in [0.25, 0.3) is 10.9 Å². The van der Waals surface area contributed by atoms with Crippen molar-refractivity contribution >= 4 is 16.6 Å². The van der Waals surface area contributed by atoms with Crippen LogP contribution in [0, 0.1) is 0 Å². The third-order valence-electron chi connectivity index (χ3n) is 6.13. The van der Waals surface area contributed by atoms with Crippen LogP contribution >= 0.6 is 0 Å². The maximum Gasteiger partial charge on any atom is 0.157 e. The van der Waals surface area contributed by atoms with Gasteiger partial charge in [0.15, 0.2) is 11.5 Å².